The Balaban J connectivity index is 1.41. The minimum atomic E-state index is -3.81. The van der Waals surface area contributed by atoms with Crippen LogP contribution in [0.1, 0.15) is 12.8 Å². The van der Waals surface area contributed by atoms with Gasteiger partial charge in [0.2, 0.25) is 15.9 Å². The van der Waals surface area contributed by atoms with Gasteiger partial charge in [-0.05, 0) is 47.9 Å². The maximum atomic E-state index is 13.6. The number of amides is 1. The Morgan fingerprint density at radius 1 is 1.06 bits per heavy atom. The Morgan fingerprint density at radius 3 is 2.61 bits per heavy atom. The van der Waals surface area contributed by atoms with Gasteiger partial charge >= 0.3 is 0 Å². The fourth-order valence-corrected chi connectivity index (χ4v) is 5.46. The normalized spacial score (nSPS) is 17.0. The summed E-state index contributed by atoms with van der Waals surface area (Å²) in [5.74, 6) is -0.741. The quantitative estimate of drug-likeness (QED) is 0.570. The fraction of sp³-hybridized carbons (Fsp3) is 0.261. The zero-order valence-corrected chi connectivity index (χ0v) is 17.6. The van der Waals surface area contributed by atoms with Gasteiger partial charge in [-0.2, -0.15) is 4.31 Å². The molecule has 1 fully saturated rings. The predicted molar refractivity (Wildman–Crippen MR) is 116 cm³/mol. The summed E-state index contributed by atoms with van der Waals surface area (Å²) < 4.78 is 46.6. The van der Waals surface area contributed by atoms with E-state index < -0.39 is 21.9 Å². The summed E-state index contributed by atoms with van der Waals surface area (Å²) in [6, 6.07) is 17.8. The monoisotopic (exact) mass is 442 g/mol. The molecule has 3 aromatic rings. The van der Waals surface area contributed by atoms with Gasteiger partial charge in [0.05, 0.1) is 11.4 Å². The summed E-state index contributed by atoms with van der Waals surface area (Å²) in [5.41, 5.74) is 0. The van der Waals surface area contributed by atoms with E-state index in [1.54, 1.807) is 30.3 Å². The largest absolute Gasteiger partial charge is 0.489 e. The van der Waals surface area contributed by atoms with E-state index in [4.69, 9.17) is 4.74 Å². The van der Waals surface area contributed by atoms with Crippen LogP contribution in [0.25, 0.3) is 10.8 Å². The number of sulfonamides is 1. The van der Waals surface area contributed by atoms with Crippen molar-refractivity contribution in [3.05, 3.63) is 72.5 Å². The van der Waals surface area contributed by atoms with Gasteiger partial charge in [0.25, 0.3) is 0 Å². The highest BCUT2D eigenvalue weighted by Gasteiger charge is 2.39. The second-order valence-electron chi connectivity index (χ2n) is 7.35. The van der Waals surface area contributed by atoms with Crippen LogP contribution >= 0.6 is 0 Å². The molecule has 3 aromatic carbocycles. The summed E-state index contributed by atoms with van der Waals surface area (Å²) >= 11 is 0. The lowest BCUT2D eigenvalue weighted by Gasteiger charge is -2.23. The van der Waals surface area contributed by atoms with Gasteiger partial charge in [-0.25, -0.2) is 12.8 Å². The minimum absolute atomic E-state index is 0.0802. The highest BCUT2D eigenvalue weighted by atomic mass is 32.2. The Kier molecular flexibility index (Phi) is 6.20. The number of halogens is 1. The number of fused-ring (bicyclic) bond motifs is 1. The van der Waals surface area contributed by atoms with Crippen molar-refractivity contribution in [3.8, 4) is 5.75 Å². The van der Waals surface area contributed by atoms with E-state index in [9.17, 15) is 17.6 Å². The zero-order valence-electron chi connectivity index (χ0n) is 16.8. The number of hydrogen-bond donors (Lipinski definition) is 1. The number of rotatable bonds is 7. The van der Waals surface area contributed by atoms with Crippen LogP contribution in [0, 0.1) is 5.82 Å². The Morgan fingerprint density at radius 2 is 1.81 bits per heavy atom. The number of carbonyl (C=O) groups excluding carboxylic acids is 1. The summed E-state index contributed by atoms with van der Waals surface area (Å²) in [5, 5.41) is 4.48. The van der Waals surface area contributed by atoms with Crippen LogP contribution in [0.15, 0.2) is 71.6 Å². The number of benzene rings is 3. The van der Waals surface area contributed by atoms with Crippen molar-refractivity contribution in [2.45, 2.75) is 23.8 Å². The van der Waals surface area contributed by atoms with E-state index >= 15 is 0 Å². The van der Waals surface area contributed by atoms with Gasteiger partial charge in [0, 0.05) is 6.54 Å². The van der Waals surface area contributed by atoms with Gasteiger partial charge in [-0.1, -0.05) is 42.5 Å². The number of nitrogens with zero attached hydrogens (tertiary/aromatic N) is 1. The van der Waals surface area contributed by atoms with Gasteiger partial charge < -0.3 is 10.1 Å². The Labute approximate surface area is 180 Å². The molecule has 0 bridgehead atoms. The van der Waals surface area contributed by atoms with Crippen LogP contribution in [0.2, 0.25) is 0 Å². The number of carbonyl (C=O) groups is 1. The first-order chi connectivity index (χ1) is 15.0. The van der Waals surface area contributed by atoms with Crippen molar-refractivity contribution in [3.63, 3.8) is 0 Å². The molecular weight excluding hydrogens is 419 g/mol. The topological polar surface area (TPSA) is 75.7 Å². The van der Waals surface area contributed by atoms with E-state index in [-0.39, 0.29) is 29.7 Å². The molecule has 6 nitrogen and oxygen atoms in total. The number of para-hydroxylation sites is 1. The smallest absolute Gasteiger partial charge is 0.243 e. The molecule has 1 N–H and O–H groups in total. The molecule has 0 unspecified atom stereocenters. The van der Waals surface area contributed by atoms with Gasteiger partial charge in [-0.15, -0.1) is 0 Å². The van der Waals surface area contributed by atoms with Crippen LogP contribution in [-0.2, 0) is 14.8 Å². The summed E-state index contributed by atoms with van der Waals surface area (Å²) in [6.07, 6.45) is 1.06. The first kappa shape index (κ1) is 21.3. The fourth-order valence-electron chi connectivity index (χ4n) is 3.77. The number of nitrogens with one attached hydrogen (secondary N) is 1. The van der Waals surface area contributed by atoms with Gasteiger partial charge in [0.1, 0.15) is 12.6 Å². The maximum absolute atomic E-state index is 13.6. The molecule has 0 aliphatic carbocycles. The lowest BCUT2D eigenvalue weighted by Crippen LogP contribution is -2.46. The first-order valence-electron chi connectivity index (χ1n) is 10.1. The molecule has 0 aromatic heterocycles. The summed E-state index contributed by atoms with van der Waals surface area (Å²) in [6.45, 7) is 0.517. The standard InChI is InChI=1S/C23H23FN2O4S/c24-20-8-3-4-10-22(20)30-15-13-25-23(27)21-9-5-14-26(21)31(28,29)19-12-11-17-6-1-2-7-18(17)16-19/h1-4,6-8,10-12,16,21H,5,9,13-15H2,(H,25,27)/t21-/m1/s1. The maximum Gasteiger partial charge on any atom is 0.243 e. The van der Waals surface area contributed by atoms with Crippen molar-refractivity contribution in [2.24, 2.45) is 0 Å². The van der Waals surface area contributed by atoms with E-state index in [1.165, 1.54) is 16.4 Å². The van der Waals surface area contributed by atoms with Gasteiger partial charge in [-0.3, -0.25) is 4.79 Å². The molecule has 0 spiro atoms. The van der Waals surface area contributed by atoms with Crippen LogP contribution in [0.5, 0.6) is 5.75 Å². The van der Waals surface area contributed by atoms with Crippen LogP contribution in [-0.4, -0.2) is 44.4 Å². The van der Waals surface area contributed by atoms with E-state index in [0.717, 1.165) is 10.8 Å². The molecule has 0 saturated carbocycles. The first-order valence-corrected chi connectivity index (χ1v) is 11.6. The lowest BCUT2D eigenvalue weighted by atomic mass is 10.1. The molecule has 31 heavy (non-hydrogen) atoms. The molecule has 1 aliphatic rings. The molecule has 1 saturated heterocycles. The van der Waals surface area contributed by atoms with Crippen molar-refractivity contribution in [2.75, 3.05) is 19.7 Å². The van der Waals surface area contributed by atoms with Crippen molar-refractivity contribution >= 4 is 26.7 Å². The summed E-state index contributed by atoms with van der Waals surface area (Å²) in [7, 11) is -3.81. The third-order valence-electron chi connectivity index (χ3n) is 5.33. The molecular formula is C23H23FN2O4S. The summed E-state index contributed by atoms with van der Waals surface area (Å²) in [4.78, 5) is 12.9. The highest BCUT2D eigenvalue weighted by molar-refractivity contribution is 7.89. The van der Waals surface area contributed by atoms with Crippen molar-refractivity contribution in [1.29, 1.82) is 0 Å². The second kappa shape index (κ2) is 9.03. The third kappa shape index (κ3) is 4.55. The van der Waals surface area contributed by atoms with Crippen molar-refractivity contribution < 1.29 is 22.3 Å². The van der Waals surface area contributed by atoms with E-state index in [1.807, 2.05) is 24.3 Å². The molecule has 162 valence electrons. The van der Waals surface area contributed by atoms with E-state index in [0.29, 0.717) is 19.4 Å². The SMILES string of the molecule is O=C(NCCOc1ccccc1F)[C@H]1CCCN1S(=O)(=O)c1ccc2ccccc2c1. The number of hydrogen-bond acceptors (Lipinski definition) is 4. The van der Waals surface area contributed by atoms with Gasteiger partial charge in [0.15, 0.2) is 11.6 Å². The van der Waals surface area contributed by atoms with Crippen LogP contribution < -0.4 is 10.1 Å². The highest BCUT2D eigenvalue weighted by Crippen LogP contribution is 2.28. The predicted octanol–water partition coefficient (Wildman–Crippen LogP) is 3.33. The average molecular weight is 443 g/mol. The molecule has 1 atom stereocenters. The third-order valence-corrected chi connectivity index (χ3v) is 7.23. The van der Waals surface area contributed by atoms with Crippen LogP contribution in [0.4, 0.5) is 4.39 Å². The Bertz CT molecular complexity index is 1200. The molecule has 1 amide bonds. The average Bonchev–Trinajstić information content (AvgIpc) is 3.28. The minimum Gasteiger partial charge on any atom is -0.489 e. The molecule has 1 heterocycles. The lowest BCUT2D eigenvalue weighted by molar-refractivity contribution is -0.124. The Hall–Kier alpha value is -2.97. The van der Waals surface area contributed by atoms with Crippen molar-refractivity contribution in [1.82, 2.24) is 9.62 Å². The molecule has 4 rings (SSSR count). The van der Waals surface area contributed by atoms with E-state index in [2.05, 4.69) is 5.32 Å². The molecule has 0 radical (unpaired) electrons. The van der Waals surface area contributed by atoms with Crippen LogP contribution in [0.3, 0.4) is 0 Å². The second-order valence-corrected chi connectivity index (χ2v) is 9.24. The molecule has 8 heteroatoms. The molecule has 1 aliphatic heterocycles. The number of ether oxygens (including phenoxy) is 1. The zero-order chi connectivity index (χ0) is 21.8.